The van der Waals surface area contributed by atoms with Gasteiger partial charge in [0.25, 0.3) is 5.91 Å². The molecule has 0 bridgehead atoms. The van der Waals surface area contributed by atoms with Crippen molar-refractivity contribution in [2.24, 2.45) is 4.99 Å². The van der Waals surface area contributed by atoms with Gasteiger partial charge >= 0.3 is 5.97 Å². The number of rotatable bonds is 1. The number of fused-ring (bicyclic) bond motifs is 3. The lowest BCUT2D eigenvalue weighted by molar-refractivity contribution is -0.134. The van der Waals surface area contributed by atoms with Crippen molar-refractivity contribution in [2.45, 2.75) is 0 Å². The maximum Gasteiger partial charge on any atom is 0.342 e. The molecule has 1 aliphatic heterocycles. The smallest absolute Gasteiger partial charge is 0.342 e. The van der Waals surface area contributed by atoms with Gasteiger partial charge in [-0.15, -0.1) is 0 Å². The minimum atomic E-state index is -1.22. The monoisotopic (exact) mass is 249 g/mol. The van der Waals surface area contributed by atoms with Crippen LogP contribution in [0.1, 0.15) is 11.1 Å². The minimum Gasteiger partial charge on any atom is -0.477 e. The zero-order chi connectivity index (χ0) is 13.1. The highest BCUT2D eigenvalue weighted by Crippen LogP contribution is 2.42. The first-order chi connectivity index (χ1) is 9.18. The highest BCUT2D eigenvalue weighted by atomic mass is 16.4. The molecular weight excluding hydrogens is 242 g/mol. The lowest BCUT2D eigenvalue weighted by Gasteiger charge is -2.01. The van der Waals surface area contributed by atoms with Crippen LogP contribution in [-0.2, 0) is 9.59 Å². The van der Waals surface area contributed by atoms with Crippen molar-refractivity contribution in [3.8, 4) is 0 Å². The van der Waals surface area contributed by atoms with Gasteiger partial charge in [0, 0.05) is 11.1 Å². The van der Waals surface area contributed by atoms with E-state index in [1.54, 1.807) is 0 Å². The predicted molar refractivity (Wildman–Crippen MR) is 70.0 cm³/mol. The van der Waals surface area contributed by atoms with E-state index in [4.69, 9.17) is 0 Å². The van der Waals surface area contributed by atoms with Crippen molar-refractivity contribution in [2.75, 3.05) is 0 Å². The third-order valence-electron chi connectivity index (χ3n) is 3.56. The third kappa shape index (κ3) is 1.10. The number of aliphatic imine (C=N–C) groups is 1. The van der Waals surface area contributed by atoms with Crippen LogP contribution in [0.5, 0.6) is 0 Å². The fourth-order valence-electron chi connectivity index (χ4n) is 2.84. The summed E-state index contributed by atoms with van der Waals surface area (Å²) in [5.41, 5.74) is 2.36. The number of aliphatic carboxylic acids is 1. The Hall–Kier alpha value is -2.75. The number of nitrogens with zero attached hydrogens (tertiary/aromatic N) is 1. The number of benzene rings is 2. The highest BCUT2D eigenvalue weighted by molar-refractivity contribution is 6.52. The molecule has 2 aromatic carbocycles. The van der Waals surface area contributed by atoms with Crippen molar-refractivity contribution in [3.63, 3.8) is 0 Å². The molecule has 1 N–H and O–H groups in total. The van der Waals surface area contributed by atoms with Crippen LogP contribution in [0.15, 0.2) is 47.0 Å². The summed E-state index contributed by atoms with van der Waals surface area (Å²) in [6, 6.07) is 11.4. The Labute approximate surface area is 107 Å². The molecule has 19 heavy (non-hydrogen) atoms. The van der Waals surface area contributed by atoms with E-state index < -0.39 is 11.9 Å². The summed E-state index contributed by atoms with van der Waals surface area (Å²) in [5, 5.41) is 11.2. The third-order valence-corrected chi connectivity index (χ3v) is 3.56. The number of carboxylic acid groups (broad SMARTS) is 1. The van der Waals surface area contributed by atoms with E-state index in [1.807, 2.05) is 36.4 Å². The first-order valence-corrected chi connectivity index (χ1v) is 5.82. The van der Waals surface area contributed by atoms with Gasteiger partial charge in [0.2, 0.25) is 0 Å². The number of carboxylic acids is 1. The van der Waals surface area contributed by atoms with Gasteiger partial charge in [0.15, 0.2) is 0 Å². The molecule has 1 heterocycles. The molecule has 0 fully saturated rings. The summed E-state index contributed by atoms with van der Waals surface area (Å²) in [6.07, 6.45) is 0. The van der Waals surface area contributed by atoms with Gasteiger partial charge in [-0.1, -0.05) is 36.4 Å². The van der Waals surface area contributed by atoms with Crippen molar-refractivity contribution in [3.05, 3.63) is 53.1 Å². The quantitative estimate of drug-likeness (QED) is 0.786. The van der Waals surface area contributed by atoms with Gasteiger partial charge in [0.05, 0.1) is 5.71 Å². The first-order valence-electron chi connectivity index (χ1n) is 5.82. The molecule has 2 aliphatic rings. The first kappa shape index (κ1) is 10.2. The summed E-state index contributed by atoms with van der Waals surface area (Å²) < 4.78 is 0. The van der Waals surface area contributed by atoms with Crippen LogP contribution in [0, 0.1) is 0 Å². The van der Waals surface area contributed by atoms with Crippen LogP contribution in [-0.4, -0.2) is 22.7 Å². The van der Waals surface area contributed by atoms with Crippen LogP contribution in [0.25, 0.3) is 16.3 Å². The lowest BCUT2D eigenvalue weighted by Crippen LogP contribution is -2.08. The SMILES string of the molecule is O=C(O)C1=C2C(=NC1=O)c1cccc3cccc2c13. The summed E-state index contributed by atoms with van der Waals surface area (Å²) >= 11 is 0. The fraction of sp³-hybridized carbons (Fsp3) is 0. The Morgan fingerprint density at radius 2 is 1.74 bits per heavy atom. The van der Waals surface area contributed by atoms with Gasteiger partial charge < -0.3 is 5.11 Å². The van der Waals surface area contributed by atoms with Gasteiger partial charge in [-0.25, -0.2) is 9.79 Å². The molecule has 0 unspecified atom stereocenters. The summed E-state index contributed by atoms with van der Waals surface area (Å²) in [5.74, 6) is -1.88. The number of carbonyl (C=O) groups excluding carboxylic acids is 1. The molecule has 0 saturated heterocycles. The molecule has 0 atom stereocenters. The number of amides is 1. The largest absolute Gasteiger partial charge is 0.477 e. The zero-order valence-electron chi connectivity index (χ0n) is 9.68. The molecule has 0 saturated carbocycles. The highest BCUT2D eigenvalue weighted by Gasteiger charge is 2.38. The van der Waals surface area contributed by atoms with Gasteiger partial charge in [-0.05, 0) is 16.3 Å². The maximum absolute atomic E-state index is 11.7. The Kier molecular flexibility index (Phi) is 1.70. The van der Waals surface area contributed by atoms with E-state index in [1.165, 1.54) is 0 Å². The average Bonchev–Trinajstić information content (AvgIpc) is 2.87. The zero-order valence-corrected chi connectivity index (χ0v) is 9.68. The molecule has 2 aromatic rings. The topological polar surface area (TPSA) is 66.7 Å². The average molecular weight is 249 g/mol. The molecule has 4 nitrogen and oxygen atoms in total. The van der Waals surface area contributed by atoms with Gasteiger partial charge in [-0.3, -0.25) is 4.79 Å². The molecule has 1 amide bonds. The van der Waals surface area contributed by atoms with Crippen molar-refractivity contribution >= 4 is 33.9 Å². The van der Waals surface area contributed by atoms with Crippen LogP contribution in [0.2, 0.25) is 0 Å². The van der Waals surface area contributed by atoms with E-state index in [0.29, 0.717) is 11.3 Å². The Morgan fingerprint density at radius 3 is 2.42 bits per heavy atom. The van der Waals surface area contributed by atoms with E-state index in [2.05, 4.69) is 4.99 Å². The molecule has 0 spiro atoms. The van der Waals surface area contributed by atoms with E-state index in [0.717, 1.165) is 21.9 Å². The number of hydrogen-bond donors (Lipinski definition) is 1. The molecule has 0 aromatic heterocycles. The van der Waals surface area contributed by atoms with Crippen molar-refractivity contribution in [1.29, 1.82) is 0 Å². The summed E-state index contributed by atoms with van der Waals surface area (Å²) in [7, 11) is 0. The molecule has 4 heteroatoms. The van der Waals surface area contributed by atoms with Crippen molar-refractivity contribution in [1.82, 2.24) is 0 Å². The number of hydrogen-bond acceptors (Lipinski definition) is 2. The second kappa shape index (κ2) is 3.17. The van der Waals surface area contributed by atoms with Crippen LogP contribution >= 0.6 is 0 Å². The normalized spacial score (nSPS) is 16.0. The van der Waals surface area contributed by atoms with Crippen LogP contribution in [0.3, 0.4) is 0 Å². The number of carbonyl (C=O) groups is 2. The summed E-state index contributed by atoms with van der Waals surface area (Å²) in [6.45, 7) is 0. The Morgan fingerprint density at radius 1 is 1.05 bits per heavy atom. The van der Waals surface area contributed by atoms with E-state index in [9.17, 15) is 14.7 Å². The molecule has 0 radical (unpaired) electrons. The number of allylic oxidation sites excluding steroid dienone is 1. The Bertz CT molecular complexity index is 854. The summed E-state index contributed by atoms with van der Waals surface area (Å²) in [4.78, 5) is 26.9. The van der Waals surface area contributed by atoms with E-state index in [-0.39, 0.29) is 5.57 Å². The van der Waals surface area contributed by atoms with Gasteiger partial charge in [0.1, 0.15) is 5.57 Å². The van der Waals surface area contributed by atoms with Crippen molar-refractivity contribution < 1.29 is 14.7 Å². The molecule has 4 rings (SSSR count). The molecule has 90 valence electrons. The van der Waals surface area contributed by atoms with Gasteiger partial charge in [-0.2, -0.15) is 0 Å². The second-order valence-electron chi connectivity index (χ2n) is 4.53. The second-order valence-corrected chi connectivity index (χ2v) is 4.53. The maximum atomic E-state index is 11.7. The fourth-order valence-corrected chi connectivity index (χ4v) is 2.84. The Balaban J connectivity index is 2.21. The predicted octanol–water partition coefficient (Wildman–Crippen LogP) is 2.02. The lowest BCUT2D eigenvalue weighted by atomic mass is 10.0. The molecular formula is C15H7NO3. The van der Waals surface area contributed by atoms with Crippen LogP contribution < -0.4 is 0 Å². The van der Waals surface area contributed by atoms with E-state index >= 15 is 0 Å². The standard InChI is InChI=1S/C15H7NO3/c17-14-12(15(18)19)11-8-5-1-3-7-4-2-6-9(10(7)8)13(11)16-14/h1-6H,(H,18,19). The minimum absolute atomic E-state index is 0.223. The molecule has 1 aliphatic carbocycles. The van der Waals surface area contributed by atoms with Crippen LogP contribution in [0.4, 0.5) is 0 Å².